The van der Waals surface area contributed by atoms with Crippen LogP contribution in [0.5, 0.6) is 0 Å². The molecule has 3 aliphatic rings. The third-order valence-electron chi connectivity index (χ3n) is 7.85. The van der Waals surface area contributed by atoms with Gasteiger partial charge in [0.05, 0.1) is 17.8 Å². The van der Waals surface area contributed by atoms with E-state index in [-0.39, 0.29) is 12.6 Å². The van der Waals surface area contributed by atoms with E-state index in [1.165, 1.54) is 6.20 Å². The van der Waals surface area contributed by atoms with Crippen molar-refractivity contribution in [1.82, 2.24) is 24.6 Å². The first-order valence-corrected chi connectivity index (χ1v) is 12.2. The Labute approximate surface area is 201 Å². The van der Waals surface area contributed by atoms with Crippen molar-refractivity contribution in [2.45, 2.75) is 57.3 Å². The normalized spacial score (nSPS) is 27.7. The van der Waals surface area contributed by atoms with Crippen LogP contribution >= 0.6 is 0 Å². The van der Waals surface area contributed by atoms with Crippen molar-refractivity contribution >= 4 is 5.82 Å². The van der Waals surface area contributed by atoms with Crippen molar-refractivity contribution in [1.29, 1.82) is 0 Å². The van der Waals surface area contributed by atoms with Gasteiger partial charge < -0.3 is 5.73 Å². The fourth-order valence-electron chi connectivity index (χ4n) is 6.11. The van der Waals surface area contributed by atoms with E-state index >= 15 is 0 Å². The number of nitrogens with two attached hydrogens (primary N) is 1. The van der Waals surface area contributed by atoms with Crippen LogP contribution in [0.3, 0.4) is 0 Å². The Kier molecular flexibility index (Phi) is 6.27. The number of piperazine rings is 1. The van der Waals surface area contributed by atoms with Gasteiger partial charge in [-0.15, -0.1) is 0 Å². The van der Waals surface area contributed by atoms with E-state index in [0.29, 0.717) is 48.1 Å². The second-order valence-corrected chi connectivity index (χ2v) is 10.4. The zero-order chi connectivity index (χ0) is 25.1. The lowest BCUT2D eigenvalue weighted by Gasteiger charge is -2.38. The van der Waals surface area contributed by atoms with Crippen molar-refractivity contribution in [2.75, 3.05) is 38.5 Å². The molecule has 2 aliphatic carbocycles. The molecule has 0 bridgehead atoms. The molecular weight excluding hydrogens is 467 g/mol. The Bertz CT molecular complexity index is 1050. The number of halogens is 5. The van der Waals surface area contributed by atoms with Crippen LogP contribution in [-0.4, -0.2) is 69.8 Å². The van der Waals surface area contributed by atoms with Gasteiger partial charge in [-0.25, -0.2) is 13.8 Å². The fraction of sp³-hybridized carbons (Fsp3) is 0.667. The van der Waals surface area contributed by atoms with Gasteiger partial charge in [-0.1, -0.05) is 0 Å². The van der Waals surface area contributed by atoms with Crippen LogP contribution in [-0.2, 0) is 6.18 Å². The minimum Gasteiger partial charge on any atom is -0.383 e. The summed E-state index contributed by atoms with van der Waals surface area (Å²) < 4.78 is 67.2. The average Bonchev–Trinajstić information content (AvgIpc) is 3.13. The average molecular weight is 499 g/mol. The second kappa shape index (κ2) is 8.99. The maximum Gasteiger partial charge on any atom is 0.419 e. The molecule has 1 aliphatic heterocycles. The van der Waals surface area contributed by atoms with Crippen molar-refractivity contribution in [3.05, 3.63) is 29.6 Å². The topological polar surface area (TPSA) is 63.2 Å². The number of nitrogen functional groups attached to an aromatic ring is 1. The monoisotopic (exact) mass is 498 g/mol. The quantitative estimate of drug-likeness (QED) is 0.595. The van der Waals surface area contributed by atoms with Gasteiger partial charge in [-0.05, 0) is 50.7 Å². The Morgan fingerprint density at radius 3 is 2.29 bits per heavy atom. The minimum atomic E-state index is -4.58. The van der Waals surface area contributed by atoms with Crippen LogP contribution in [0.15, 0.2) is 18.3 Å². The maximum atomic E-state index is 13.3. The van der Waals surface area contributed by atoms with Gasteiger partial charge in [0.15, 0.2) is 0 Å². The van der Waals surface area contributed by atoms with Crippen molar-refractivity contribution in [3.63, 3.8) is 0 Å². The molecule has 4 atom stereocenters. The predicted molar refractivity (Wildman–Crippen MR) is 122 cm³/mol. The first kappa shape index (κ1) is 24.4. The second-order valence-electron chi connectivity index (χ2n) is 10.4. The Morgan fingerprint density at radius 1 is 1.06 bits per heavy atom. The zero-order valence-electron chi connectivity index (χ0n) is 19.8. The summed E-state index contributed by atoms with van der Waals surface area (Å²) in [6.45, 7) is 6.88. The largest absolute Gasteiger partial charge is 0.419 e. The highest BCUT2D eigenvalue weighted by atomic mass is 19.4. The molecular formula is C24H31F5N6. The third kappa shape index (κ3) is 4.76. The third-order valence-corrected chi connectivity index (χ3v) is 7.85. The zero-order valence-corrected chi connectivity index (χ0v) is 19.8. The number of hydrogen-bond acceptors (Lipinski definition) is 5. The molecule has 3 unspecified atom stereocenters. The molecule has 0 spiro atoms. The van der Waals surface area contributed by atoms with Crippen LogP contribution in [0.2, 0.25) is 0 Å². The minimum absolute atomic E-state index is 0.0719. The summed E-state index contributed by atoms with van der Waals surface area (Å²) >= 11 is 0. The lowest BCUT2D eigenvalue weighted by atomic mass is 10.0. The molecule has 3 heterocycles. The lowest BCUT2D eigenvalue weighted by Crippen LogP contribution is -2.51. The van der Waals surface area contributed by atoms with Crippen molar-refractivity contribution < 1.29 is 22.0 Å². The van der Waals surface area contributed by atoms with Crippen LogP contribution in [0, 0.1) is 11.8 Å². The van der Waals surface area contributed by atoms with E-state index in [4.69, 9.17) is 5.73 Å². The van der Waals surface area contributed by atoms with Gasteiger partial charge in [-0.3, -0.25) is 14.5 Å². The number of fused-ring (bicyclic) bond motifs is 1. The number of pyridine rings is 1. The molecule has 0 amide bonds. The molecule has 0 radical (unpaired) electrons. The van der Waals surface area contributed by atoms with E-state index in [0.717, 1.165) is 37.7 Å². The molecule has 192 valence electrons. The highest BCUT2D eigenvalue weighted by molar-refractivity contribution is 5.63. The first-order valence-electron chi connectivity index (χ1n) is 12.2. The van der Waals surface area contributed by atoms with E-state index in [9.17, 15) is 22.0 Å². The highest BCUT2D eigenvalue weighted by Gasteiger charge is 2.58. The Balaban J connectivity index is 1.28. The van der Waals surface area contributed by atoms with Crippen molar-refractivity contribution in [3.8, 4) is 11.3 Å². The fourth-order valence-corrected chi connectivity index (χ4v) is 6.11. The number of anilines is 1. The maximum absolute atomic E-state index is 13.3. The lowest BCUT2D eigenvalue weighted by molar-refractivity contribution is -0.137. The number of rotatable bonds is 6. The highest BCUT2D eigenvalue weighted by Crippen LogP contribution is 2.64. The molecule has 6 nitrogen and oxygen atoms in total. The first-order chi connectivity index (χ1) is 16.5. The van der Waals surface area contributed by atoms with E-state index in [2.05, 4.69) is 15.0 Å². The predicted octanol–water partition coefficient (Wildman–Crippen LogP) is 4.50. The molecule has 2 saturated carbocycles. The van der Waals surface area contributed by atoms with Crippen LogP contribution in [0.4, 0.5) is 27.8 Å². The van der Waals surface area contributed by atoms with Crippen LogP contribution in [0.1, 0.15) is 49.9 Å². The molecule has 2 aromatic rings. The summed E-state index contributed by atoms with van der Waals surface area (Å²) in [7, 11) is 0. The van der Waals surface area contributed by atoms with E-state index < -0.39 is 24.0 Å². The van der Waals surface area contributed by atoms with Gasteiger partial charge in [0, 0.05) is 61.6 Å². The SMILES string of the molecule is CC(C)n1nc(-c2cnc(N)c(C(F)(F)F)c2)cc1C1C2CC(N3CCN(CC(F)F)CC3)C[C@@H]21. The molecule has 0 aromatic carbocycles. The molecule has 3 fully saturated rings. The van der Waals surface area contributed by atoms with Crippen molar-refractivity contribution in [2.24, 2.45) is 11.8 Å². The van der Waals surface area contributed by atoms with E-state index in [1.54, 1.807) is 0 Å². The molecule has 1 saturated heterocycles. The molecule has 11 heteroatoms. The Morgan fingerprint density at radius 2 is 1.71 bits per heavy atom. The standard InChI is InChI=1S/C24H31F5N6/c1-13(2)35-20(10-19(32-35)14-7-18(24(27,28)29)23(30)31-11-14)22-16-8-15(9-17(16)22)34-5-3-33(4-6-34)12-21(25)26/h7,10-11,13,15-17,21-22H,3-6,8-9,12H2,1-2H3,(H2,30,31)/t15?,16-,17?,22?/m0/s1. The summed E-state index contributed by atoms with van der Waals surface area (Å²) in [5.74, 6) is 0.856. The molecule has 2 aromatic heterocycles. The summed E-state index contributed by atoms with van der Waals surface area (Å²) in [4.78, 5) is 8.04. The Hall–Kier alpha value is -2.27. The van der Waals surface area contributed by atoms with Crippen LogP contribution < -0.4 is 5.73 Å². The number of aromatic nitrogens is 3. The van der Waals surface area contributed by atoms with Gasteiger partial charge in [-0.2, -0.15) is 18.3 Å². The van der Waals surface area contributed by atoms with E-state index in [1.807, 2.05) is 29.5 Å². The van der Waals surface area contributed by atoms with Gasteiger partial charge in [0.1, 0.15) is 5.82 Å². The van der Waals surface area contributed by atoms with Gasteiger partial charge >= 0.3 is 6.18 Å². The molecule has 35 heavy (non-hydrogen) atoms. The van der Waals surface area contributed by atoms with Gasteiger partial charge in [0.25, 0.3) is 6.43 Å². The summed E-state index contributed by atoms with van der Waals surface area (Å²) in [5.41, 5.74) is 6.36. The number of nitrogens with zero attached hydrogens (tertiary/aromatic N) is 5. The molecule has 2 N–H and O–H groups in total. The number of alkyl halides is 5. The summed E-state index contributed by atoms with van der Waals surface area (Å²) in [6, 6.07) is 3.48. The number of hydrogen-bond donors (Lipinski definition) is 1. The molecule has 5 rings (SSSR count). The summed E-state index contributed by atoms with van der Waals surface area (Å²) in [5, 5.41) is 4.65. The smallest absolute Gasteiger partial charge is 0.383 e. The summed E-state index contributed by atoms with van der Waals surface area (Å²) in [6.07, 6.45) is -3.40. The van der Waals surface area contributed by atoms with Crippen LogP contribution in [0.25, 0.3) is 11.3 Å². The van der Waals surface area contributed by atoms with Gasteiger partial charge in [0.2, 0.25) is 0 Å².